The molecule has 0 spiro atoms. The number of carbonyl (C=O) groups is 2. The van der Waals surface area contributed by atoms with Crippen molar-refractivity contribution in [3.05, 3.63) is 71.8 Å². The average molecular weight is 280 g/mol. The highest BCUT2D eigenvalue weighted by molar-refractivity contribution is 5.99. The topological polar surface area (TPSA) is 34.1 Å². The largest absolute Gasteiger partial charge is 0.299 e. The molecule has 2 heteroatoms. The number of benzene rings is 2. The van der Waals surface area contributed by atoms with Gasteiger partial charge in [0.15, 0.2) is 0 Å². The van der Waals surface area contributed by atoms with Gasteiger partial charge in [-0.25, -0.2) is 0 Å². The maximum Gasteiger partial charge on any atom is 0.140 e. The van der Waals surface area contributed by atoms with Crippen molar-refractivity contribution in [3.63, 3.8) is 0 Å². The first-order chi connectivity index (χ1) is 10.2. The van der Waals surface area contributed by atoms with Crippen LogP contribution < -0.4 is 0 Å². The van der Waals surface area contributed by atoms with Crippen LogP contribution in [-0.2, 0) is 22.4 Å². The molecule has 0 aliphatic carbocycles. The fraction of sp³-hybridized carbons (Fsp3) is 0.263. The highest BCUT2D eigenvalue weighted by Gasteiger charge is 2.09. The first-order valence-corrected chi connectivity index (χ1v) is 7.35. The molecule has 2 rings (SSSR count). The zero-order valence-corrected chi connectivity index (χ0v) is 12.1. The molecule has 0 fully saturated rings. The van der Waals surface area contributed by atoms with E-state index >= 15 is 0 Å². The van der Waals surface area contributed by atoms with E-state index in [2.05, 4.69) is 0 Å². The number of hydrogen-bond acceptors (Lipinski definition) is 2. The molecule has 0 atom stereocenters. The van der Waals surface area contributed by atoms with Crippen molar-refractivity contribution < 1.29 is 9.59 Å². The number of Topliss-reactive ketones (excluding diaryl/α,β-unsaturated/α-hetero) is 2. The first kappa shape index (κ1) is 15.2. The van der Waals surface area contributed by atoms with Gasteiger partial charge >= 0.3 is 0 Å². The van der Waals surface area contributed by atoms with Crippen molar-refractivity contribution in [3.8, 4) is 0 Å². The minimum absolute atomic E-state index is 0.0388. The Morgan fingerprint density at radius 3 is 1.38 bits per heavy atom. The fourth-order valence-electron chi connectivity index (χ4n) is 2.25. The van der Waals surface area contributed by atoms with Crippen LogP contribution in [0.2, 0.25) is 0 Å². The number of ketones is 2. The van der Waals surface area contributed by atoms with Crippen LogP contribution in [0.25, 0.3) is 0 Å². The normalized spacial score (nSPS) is 10.3. The number of hydrogen-bond donors (Lipinski definition) is 0. The lowest BCUT2D eigenvalue weighted by atomic mass is 10.0. The summed E-state index contributed by atoms with van der Waals surface area (Å²) in [5.74, 6) is 0.0776. The van der Waals surface area contributed by atoms with Crippen LogP contribution in [0.5, 0.6) is 0 Å². The minimum Gasteiger partial charge on any atom is -0.299 e. The Morgan fingerprint density at radius 1 is 0.619 bits per heavy atom. The van der Waals surface area contributed by atoms with Crippen molar-refractivity contribution in [1.29, 1.82) is 0 Å². The molecule has 21 heavy (non-hydrogen) atoms. The van der Waals surface area contributed by atoms with Crippen LogP contribution in [0.3, 0.4) is 0 Å². The summed E-state index contributed by atoms with van der Waals surface area (Å²) in [4.78, 5) is 23.6. The second-order valence-electron chi connectivity index (χ2n) is 5.23. The molecular weight excluding hydrogens is 260 g/mol. The first-order valence-electron chi connectivity index (χ1n) is 7.35. The second-order valence-corrected chi connectivity index (χ2v) is 5.23. The van der Waals surface area contributed by atoms with Crippen molar-refractivity contribution in [2.45, 2.75) is 32.1 Å². The molecular formula is C19H20O2. The van der Waals surface area contributed by atoms with Gasteiger partial charge in [-0.05, 0) is 24.0 Å². The molecule has 0 unspecified atom stereocenters. The molecule has 2 aromatic rings. The summed E-state index contributed by atoms with van der Waals surface area (Å²) in [6, 6.07) is 19.8. The van der Waals surface area contributed by atoms with E-state index in [1.54, 1.807) is 0 Å². The van der Waals surface area contributed by atoms with Gasteiger partial charge in [0.1, 0.15) is 11.6 Å². The maximum absolute atomic E-state index is 11.8. The van der Waals surface area contributed by atoms with E-state index in [0.29, 0.717) is 25.7 Å². The molecule has 0 aliphatic heterocycles. The van der Waals surface area contributed by atoms with Crippen molar-refractivity contribution in [2.24, 2.45) is 0 Å². The maximum atomic E-state index is 11.8. The number of aryl methyl sites for hydroxylation is 2. The van der Waals surface area contributed by atoms with E-state index < -0.39 is 0 Å². The average Bonchev–Trinajstić information content (AvgIpc) is 2.53. The van der Waals surface area contributed by atoms with E-state index in [1.807, 2.05) is 60.7 Å². The summed E-state index contributed by atoms with van der Waals surface area (Å²) in [7, 11) is 0. The van der Waals surface area contributed by atoms with Gasteiger partial charge in [0.2, 0.25) is 0 Å². The van der Waals surface area contributed by atoms with Crippen LogP contribution in [0.1, 0.15) is 30.4 Å². The van der Waals surface area contributed by atoms with E-state index in [9.17, 15) is 9.59 Å². The van der Waals surface area contributed by atoms with Crippen molar-refractivity contribution in [2.75, 3.05) is 0 Å². The molecule has 2 nitrogen and oxygen atoms in total. The zero-order chi connectivity index (χ0) is 14.9. The Balaban J connectivity index is 1.69. The van der Waals surface area contributed by atoms with Crippen LogP contribution in [0.4, 0.5) is 0 Å². The van der Waals surface area contributed by atoms with Crippen LogP contribution in [0.15, 0.2) is 60.7 Å². The predicted octanol–water partition coefficient (Wildman–Crippen LogP) is 3.78. The Hall–Kier alpha value is -2.22. The highest BCUT2D eigenvalue weighted by atomic mass is 16.1. The van der Waals surface area contributed by atoms with Crippen LogP contribution >= 0.6 is 0 Å². The highest BCUT2D eigenvalue weighted by Crippen LogP contribution is 2.07. The summed E-state index contributed by atoms with van der Waals surface area (Å²) >= 11 is 0. The summed E-state index contributed by atoms with van der Waals surface area (Å²) in [5, 5.41) is 0. The fourth-order valence-corrected chi connectivity index (χ4v) is 2.25. The molecule has 0 saturated heterocycles. The molecule has 0 heterocycles. The molecule has 0 radical (unpaired) electrons. The molecule has 0 aromatic heterocycles. The predicted molar refractivity (Wildman–Crippen MR) is 84.2 cm³/mol. The van der Waals surface area contributed by atoms with Gasteiger partial charge in [0.25, 0.3) is 0 Å². The molecule has 0 aliphatic rings. The standard InChI is InChI=1S/C19H20O2/c20-18(13-11-16-7-3-1-4-8-16)15-19(21)14-12-17-9-5-2-6-10-17/h1-10H,11-15H2. The van der Waals surface area contributed by atoms with Crippen LogP contribution in [-0.4, -0.2) is 11.6 Å². The number of carbonyl (C=O) groups excluding carboxylic acids is 2. The van der Waals surface area contributed by atoms with Gasteiger partial charge in [-0.1, -0.05) is 60.7 Å². The summed E-state index contributed by atoms with van der Waals surface area (Å²) in [5.41, 5.74) is 2.28. The number of rotatable bonds is 8. The third-order valence-electron chi connectivity index (χ3n) is 3.47. The van der Waals surface area contributed by atoms with E-state index in [0.717, 1.165) is 11.1 Å². The van der Waals surface area contributed by atoms with Gasteiger partial charge < -0.3 is 0 Å². The third kappa shape index (κ3) is 5.74. The molecule has 0 amide bonds. The SMILES string of the molecule is O=C(CCc1ccccc1)CC(=O)CCc1ccccc1. The lowest BCUT2D eigenvalue weighted by molar-refractivity contribution is -0.126. The van der Waals surface area contributed by atoms with E-state index in [-0.39, 0.29) is 18.0 Å². The van der Waals surface area contributed by atoms with Gasteiger partial charge in [-0.2, -0.15) is 0 Å². The molecule has 108 valence electrons. The quantitative estimate of drug-likeness (QED) is 0.690. The van der Waals surface area contributed by atoms with E-state index in [4.69, 9.17) is 0 Å². The Morgan fingerprint density at radius 2 is 1.00 bits per heavy atom. The van der Waals surface area contributed by atoms with Crippen LogP contribution in [0, 0.1) is 0 Å². The van der Waals surface area contributed by atoms with Gasteiger partial charge in [0.05, 0.1) is 6.42 Å². The summed E-state index contributed by atoms with van der Waals surface area (Å²) < 4.78 is 0. The Kier molecular flexibility index (Phi) is 5.89. The van der Waals surface area contributed by atoms with Gasteiger partial charge in [-0.15, -0.1) is 0 Å². The van der Waals surface area contributed by atoms with Gasteiger partial charge in [0, 0.05) is 12.8 Å². The minimum atomic E-state index is 0.0388. The summed E-state index contributed by atoms with van der Waals surface area (Å²) in [6.45, 7) is 0. The zero-order valence-electron chi connectivity index (χ0n) is 12.1. The second kappa shape index (κ2) is 8.15. The molecule has 2 aromatic carbocycles. The van der Waals surface area contributed by atoms with Crippen molar-refractivity contribution >= 4 is 11.6 Å². The monoisotopic (exact) mass is 280 g/mol. The lowest BCUT2D eigenvalue weighted by Gasteiger charge is -2.02. The Labute approximate surface area is 125 Å². The smallest absolute Gasteiger partial charge is 0.140 e. The third-order valence-corrected chi connectivity index (χ3v) is 3.47. The molecule has 0 saturated carbocycles. The molecule has 0 bridgehead atoms. The molecule has 0 N–H and O–H groups in total. The van der Waals surface area contributed by atoms with Crippen molar-refractivity contribution in [1.82, 2.24) is 0 Å². The summed E-state index contributed by atoms with van der Waals surface area (Å²) in [6.07, 6.45) is 2.39. The van der Waals surface area contributed by atoms with E-state index in [1.165, 1.54) is 0 Å². The van der Waals surface area contributed by atoms with Gasteiger partial charge in [-0.3, -0.25) is 9.59 Å². The Bertz CT molecular complexity index is 520. The lowest BCUT2D eigenvalue weighted by Crippen LogP contribution is -2.09.